The van der Waals surface area contributed by atoms with Crippen LogP contribution in [0.3, 0.4) is 0 Å². The summed E-state index contributed by atoms with van der Waals surface area (Å²) in [6.07, 6.45) is 2.42. The number of allylic oxidation sites excluding steroid dienone is 1. The van der Waals surface area contributed by atoms with Crippen LogP contribution in [0, 0.1) is 5.82 Å². The maximum atomic E-state index is 13.7. The lowest BCUT2D eigenvalue weighted by Gasteiger charge is -2.18. The highest BCUT2D eigenvalue weighted by atomic mass is 32.2. The van der Waals surface area contributed by atoms with Crippen molar-refractivity contribution in [3.05, 3.63) is 69.9 Å². The number of sulfonamides is 1. The Morgan fingerprint density at radius 3 is 2.58 bits per heavy atom. The van der Waals surface area contributed by atoms with Crippen LogP contribution in [-0.2, 0) is 16.4 Å². The molecule has 0 heterocycles. The third-order valence-corrected chi connectivity index (χ3v) is 5.33. The van der Waals surface area contributed by atoms with E-state index >= 15 is 0 Å². The molecule has 5 nitrogen and oxygen atoms in total. The van der Waals surface area contributed by atoms with Gasteiger partial charge in [-0.15, -0.1) is 0 Å². The van der Waals surface area contributed by atoms with Crippen LogP contribution in [0.5, 0.6) is 0 Å². The molecule has 0 fully saturated rings. The zero-order chi connectivity index (χ0) is 17.3. The summed E-state index contributed by atoms with van der Waals surface area (Å²) in [6.45, 7) is 0. The Morgan fingerprint density at radius 2 is 1.83 bits per heavy atom. The molecule has 0 radical (unpaired) electrons. The fraction of sp³-hybridized carbons (Fsp3) is 0.118. The number of anilines is 1. The summed E-state index contributed by atoms with van der Waals surface area (Å²) in [5.41, 5.74) is 0.871. The van der Waals surface area contributed by atoms with E-state index in [0.717, 1.165) is 17.2 Å². The number of hydrogen-bond acceptors (Lipinski definition) is 3. The molecule has 0 amide bonds. The minimum atomic E-state index is -3.97. The lowest BCUT2D eigenvalue weighted by molar-refractivity contribution is 0.0693. The topological polar surface area (TPSA) is 83.5 Å². The van der Waals surface area contributed by atoms with Crippen molar-refractivity contribution in [3.63, 3.8) is 0 Å². The molecule has 24 heavy (non-hydrogen) atoms. The van der Waals surface area contributed by atoms with Crippen molar-refractivity contribution in [2.24, 2.45) is 0 Å². The molecule has 0 aromatic heterocycles. The van der Waals surface area contributed by atoms with E-state index in [2.05, 4.69) is 4.72 Å². The van der Waals surface area contributed by atoms with Crippen molar-refractivity contribution in [1.29, 1.82) is 0 Å². The number of aromatic carboxylic acids is 1. The molecule has 0 atom stereocenters. The van der Waals surface area contributed by atoms with E-state index in [9.17, 15) is 17.6 Å². The maximum absolute atomic E-state index is 13.7. The van der Waals surface area contributed by atoms with E-state index in [1.807, 2.05) is 24.3 Å². The molecule has 7 heteroatoms. The lowest BCUT2D eigenvalue weighted by atomic mass is 9.98. The van der Waals surface area contributed by atoms with Crippen LogP contribution in [0.4, 0.5) is 10.1 Å². The molecule has 1 aliphatic carbocycles. The lowest BCUT2D eigenvalue weighted by Crippen LogP contribution is -2.19. The Balaban J connectivity index is 1.98. The van der Waals surface area contributed by atoms with Crippen LogP contribution in [-0.4, -0.2) is 19.5 Å². The largest absolute Gasteiger partial charge is 0.478 e. The Kier molecular flexibility index (Phi) is 4.11. The van der Waals surface area contributed by atoms with Gasteiger partial charge in [-0.05, 0) is 42.2 Å². The average Bonchev–Trinajstić information content (AvgIpc) is 2.53. The first-order valence-corrected chi connectivity index (χ1v) is 8.70. The predicted octanol–water partition coefficient (Wildman–Crippen LogP) is 3.25. The SMILES string of the molecule is O=C(O)c1c(F)cccc1NS(=O)(=O)C1=Cc2ccccc2CC1. The fourth-order valence-electron chi connectivity index (χ4n) is 2.65. The van der Waals surface area contributed by atoms with E-state index in [1.165, 1.54) is 12.1 Å². The Bertz CT molecular complexity index is 951. The summed E-state index contributed by atoms with van der Waals surface area (Å²) in [6, 6.07) is 10.9. The summed E-state index contributed by atoms with van der Waals surface area (Å²) >= 11 is 0. The summed E-state index contributed by atoms with van der Waals surface area (Å²) in [5.74, 6) is -2.53. The molecular formula is C17H14FNO4S. The van der Waals surface area contributed by atoms with Gasteiger partial charge in [0.1, 0.15) is 11.4 Å². The van der Waals surface area contributed by atoms with Crippen LogP contribution in [0.2, 0.25) is 0 Å². The van der Waals surface area contributed by atoms with Crippen LogP contribution >= 0.6 is 0 Å². The standard InChI is InChI=1S/C17H14FNO4S/c18-14-6-3-7-15(16(14)17(20)21)19-24(22,23)13-9-8-11-4-1-2-5-12(11)10-13/h1-7,10,19H,8-9H2,(H,20,21). The second-order valence-electron chi connectivity index (χ2n) is 5.38. The molecule has 1 aliphatic rings. The minimum Gasteiger partial charge on any atom is -0.478 e. The zero-order valence-corrected chi connectivity index (χ0v) is 13.3. The Hall–Kier alpha value is -2.67. The number of nitrogens with one attached hydrogen (secondary N) is 1. The predicted molar refractivity (Wildman–Crippen MR) is 88.6 cm³/mol. The maximum Gasteiger partial charge on any atom is 0.340 e. The highest BCUT2D eigenvalue weighted by molar-refractivity contribution is 7.96. The van der Waals surface area contributed by atoms with Gasteiger partial charge in [-0.25, -0.2) is 17.6 Å². The van der Waals surface area contributed by atoms with Gasteiger partial charge in [0, 0.05) is 0 Å². The summed E-state index contributed by atoms with van der Waals surface area (Å²) < 4.78 is 41.0. The van der Waals surface area contributed by atoms with Gasteiger partial charge in [0.2, 0.25) is 0 Å². The van der Waals surface area contributed by atoms with E-state index < -0.39 is 27.4 Å². The van der Waals surface area contributed by atoms with E-state index in [4.69, 9.17) is 5.11 Å². The molecule has 0 spiro atoms. The van der Waals surface area contributed by atoms with Gasteiger partial charge in [-0.1, -0.05) is 30.3 Å². The Labute approximate surface area is 138 Å². The van der Waals surface area contributed by atoms with E-state index in [1.54, 1.807) is 6.08 Å². The van der Waals surface area contributed by atoms with Crippen molar-refractivity contribution < 1.29 is 22.7 Å². The molecular weight excluding hydrogens is 333 g/mol. The first-order valence-electron chi connectivity index (χ1n) is 7.21. The summed E-state index contributed by atoms with van der Waals surface area (Å²) in [5, 5.41) is 9.09. The summed E-state index contributed by atoms with van der Waals surface area (Å²) in [4.78, 5) is 11.3. The molecule has 0 aliphatic heterocycles. The molecule has 124 valence electrons. The summed E-state index contributed by atoms with van der Waals surface area (Å²) in [7, 11) is -3.97. The molecule has 2 aromatic carbocycles. The molecule has 3 rings (SSSR count). The molecule has 2 aromatic rings. The van der Waals surface area contributed by atoms with Crippen LogP contribution in [0.25, 0.3) is 6.08 Å². The van der Waals surface area contributed by atoms with Gasteiger partial charge in [-0.2, -0.15) is 0 Å². The van der Waals surface area contributed by atoms with Gasteiger partial charge >= 0.3 is 5.97 Å². The van der Waals surface area contributed by atoms with Crippen LogP contribution < -0.4 is 4.72 Å². The van der Waals surface area contributed by atoms with E-state index in [-0.39, 0.29) is 10.6 Å². The third-order valence-electron chi connectivity index (χ3n) is 3.83. The second-order valence-corrected chi connectivity index (χ2v) is 7.12. The van der Waals surface area contributed by atoms with E-state index in [0.29, 0.717) is 12.8 Å². The van der Waals surface area contributed by atoms with Crippen molar-refractivity contribution in [2.45, 2.75) is 12.8 Å². The number of carbonyl (C=O) groups is 1. The highest BCUT2D eigenvalue weighted by Gasteiger charge is 2.25. The monoisotopic (exact) mass is 347 g/mol. The van der Waals surface area contributed by atoms with Gasteiger partial charge in [0.15, 0.2) is 0 Å². The number of halogens is 1. The van der Waals surface area contributed by atoms with Crippen molar-refractivity contribution in [3.8, 4) is 0 Å². The Morgan fingerprint density at radius 1 is 1.08 bits per heavy atom. The second kappa shape index (κ2) is 6.09. The highest BCUT2D eigenvalue weighted by Crippen LogP contribution is 2.29. The number of hydrogen-bond donors (Lipinski definition) is 2. The number of rotatable bonds is 4. The van der Waals surface area contributed by atoms with Crippen molar-refractivity contribution >= 4 is 27.8 Å². The number of benzene rings is 2. The third kappa shape index (κ3) is 3.03. The van der Waals surface area contributed by atoms with Gasteiger partial charge in [0.05, 0.1) is 10.6 Å². The average molecular weight is 347 g/mol. The smallest absolute Gasteiger partial charge is 0.340 e. The zero-order valence-electron chi connectivity index (χ0n) is 12.5. The normalized spacial score (nSPS) is 13.8. The molecule has 0 saturated heterocycles. The van der Waals surface area contributed by atoms with Crippen molar-refractivity contribution in [2.75, 3.05) is 4.72 Å². The molecule has 2 N–H and O–H groups in total. The molecule has 0 bridgehead atoms. The van der Waals surface area contributed by atoms with Crippen LogP contribution in [0.1, 0.15) is 27.9 Å². The number of carboxylic acid groups (broad SMARTS) is 1. The number of aryl methyl sites for hydroxylation is 1. The molecule has 0 unspecified atom stereocenters. The van der Waals surface area contributed by atoms with Gasteiger partial charge in [0.25, 0.3) is 10.0 Å². The first kappa shape index (κ1) is 16.2. The van der Waals surface area contributed by atoms with Crippen LogP contribution in [0.15, 0.2) is 47.4 Å². The van der Waals surface area contributed by atoms with Crippen molar-refractivity contribution in [1.82, 2.24) is 0 Å². The fourth-order valence-corrected chi connectivity index (χ4v) is 3.90. The minimum absolute atomic E-state index is 0.141. The number of fused-ring (bicyclic) bond motifs is 1. The quantitative estimate of drug-likeness (QED) is 0.889. The van der Waals surface area contributed by atoms with Gasteiger partial charge < -0.3 is 5.11 Å². The van der Waals surface area contributed by atoms with Gasteiger partial charge in [-0.3, -0.25) is 4.72 Å². The molecule has 0 saturated carbocycles. The first-order chi connectivity index (χ1) is 11.4. The number of carboxylic acids is 1.